The molecule has 106 valence electrons. The minimum atomic E-state index is 0.252. The molecule has 1 amide bonds. The number of rotatable bonds is 2. The molecule has 0 aromatic carbocycles. The highest BCUT2D eigenvalue weighted by atomic mass is 32.1. The largest absolute Gasteiger partial charge is 0.336 e. The quantitative estimate of drug-likeness (QED) is 0.726. The lowest BCUT2D eigenvalue weighted by atomic mass is 9.94. The van der Waals surface area contributed by atoms with Gasteiger partial charge >= 0.3 is 0 Å². The Morgan fingerprint density at radius 3 is 1.95 bits per heavy atom. The molecule has 0 atom stereocenters. The normalized spacial score (nSPS) is 27.4. The molecule has 0 spiro atoms. The molecule has 3 fully saturated rings. The van der Waals surface area contributed by atoms with Crippen molar-refractivity contribution in [1.82, 2.24) is 9.80 Å². The molecule has 3 aliphatic rings. The van der Waals surface area contributed by atoms with Gasteiger partial charge in [-0.25, -0.2) is 0 Å². The highest BCUT2D eigenvalue weighted by Gasteiger charge is 2.40. The van der Waals surface area contributed by atoms with Gasteiger partial charge < -0.3 is 4.90 Å². The fourth-order valence-electron chi connectivity index (χ4n) is 3.91. The van der Waals surface area contributed by atoms with Crippen molar-refractivity contribution in [3.05, 3.63) is 0 Å². The van der Waals surface area contributed by atoms with Gasteiger partial charge in [0.25, 0.3) is 0 Å². The Morgan fingerprint density at radius 2 is 1.37 bits per heavy atom. The predicted molar refractivity (Wildman–Crippen MR) is 79.9 cm³/mol. The summed E-state index contributed by atoms with van der Waals surface area (Å²) in [5.41, 5.74) is 0. The van der Waals surface area contributed by atoms with Crippen LogP contribution in [-0.2, 0) is 4.79 Å². The fourth-order valence-corrected chi connectivity index (χ4v) is 4.38. The first-order valence-corrected chi connectivity index (χ1v) is 8.31. The van der Waals surface area contributed by atoms with E-state index in [-0.39, 0.29) is 5.91 Å². The van der Waals surface area contributed by atoms with E-state index in [4.69, 9.17) is 12.2 Å². The first-order valence-electron chi connectivity index (χ1n) is 7.90. The first-order chi connectivity index (χ1) is 9.27. The zero-order valence-corrected chi connectivity index (χ0v) is 12.5. The molecule has 1 saturated heterocycles. The number of thiocarbonyl (C=S) groups is 1. The van der Waals surface area contributed by atoms with Gasteiger partial charge in [0, 0.05) is 12.1 Å². The van der Waals surface area contributed by atoms with Gasteiger partial charge in [0.15, 0.2) is 5.11 Å². The second-order valence-corrected chi connectivity index (χ2v) is 6.62. The van der Waals surface area contributed by atoms with Crippen LogP contribution in [0.4, 0.5) is 0 Å². The molecule has 3 rings (SSSR count). The van der Waals surface area contributed by atoms with Gasteiger partial charge in [0.2, 0.25) is 5.91 Å². The maximum Gasteiger partial charge on any atom is 0.248 e. The van der Waals surface area contributed by atoms with E-state index in [0.29, 0.717) is 18.6 Å². The van der Waals surface area contributed by atoms with E-state index >= 15 is 0 Å². The molecule has 1 aliphatic heterocycles. The van der Waals surface area contributed by atoms with Crippen LogP contribution >= 0.6 is 12.2 Å². The minimum absolute atomic E-state index is 0.252. The fraction of sp³-hybridized carbons (Fsp3) is 0.867. The van der Waals surface area contributed by atoms with Crippen LogP contribution in [0.3, 0.4) is 0 Å². The molecule has 4 heteroatoms. The Kier molecular flexibility index (Phi) is 4.06. The lowest BCUT2D eigenvalue weighted by molar-refractivity contribution is -0.127. The van der Waals surface area contributed by atoms with E-state index < -0.39 is 0 Å². The van der Waals surface area contributed by atoms with Gasteiger partial charge in [0.1, 0.15) is 0 Å². The van der Waals surface area contributed by atoms with Gasteiger partial charge in [0.05, 0.1) is 6.54 Å². The standard InChI is InChI=1S/C15H24N2OS/c18-14-11-16(12-7-3-1-4-8-12)15(19)17(14)13-9-5-2-6-10-13/h12-13H,1-11H2. The third kappa shape index (κ3) is 2.64. The van der Waals surface area contributed by atoms with Gasteiger partial charge in [-0.3, -0.25) is 9.69 Å². The van der Waals surface area contributed by atoms with Crippen molar-refractivity contribution in [3.8, 4) is 0 Å². The Hall–Kier alpha value is -0.640. The highest BCUT2D eigenvalue weighted by molar-refractivity contribution is 7.80. The van der Waals surface area contributed by atoms with Crippen molar-refractivity contribution >= 4 is 23.2 Å². The van der Waals surface area contributed by atoms with Crippen LogP contribution in [0.2, 0.25) is 0 Å². The average Bonchev–Trinajstić information content (AvgIpc) is 2.76. The summed E-state index contributed by atoms with van der Waals surface area (Å²) in [6.07, 6.45) is 12.5. The van der Waals surface area contributed by atoms with Crippen LogP contribution in [0.1, 0.15) is 64.2 Å². The number of hydrogen-bond acceptors (Lipinski definition) is 2. The molecule has 19 heavy (non-hydrogen) atoms. The van der Waals surface area contributed by atoms with Crippen LogP contribution in [0, 0.1) is 0 Å². The molecule has 3 nitrogen and oxygen atoms in total. The lowest BCUT2D eigenvalue weighted by Crippen LogP contribution is -2.44. The monoisotopic (exact) mass is 280 g/mol. The average molecular weight is 280 g/mol. The van der Waals surface area contributed by atoms with E-state index in [1.807, 2.05) is 4.90 Å². The molecule has 0 unspecified atom stereocenters. The van der Waals surface area contributed by atoms with E-state index in [0.717, 1.165) is 18.0 Å². The summed E-state index contributed by atoms with van der Waals surface area (Å²) in [5.74, 6) is 0.252. The topological polar surface area (TPSA) is 23.6 Å². The van der Waals surface area contributed by atoms with Crippen LogP contribution in [0.15, 0.2) is 0 Å². The third-order valence-corrected chi connectivity index (χ3v) is 5.41. The van der Waals surface area contributed by atoms with Crippen LogP contribution in [0.25, 0.3) is 0 Å². The summed E-state index contributed by atoms with van der Waals surface area (Å²) < 4.78 is 0. The Balaban J connectivity index is 1.69. The van der Waals surface area contributed by atoms with Gasteiger partial charge in [-0.1, -0.05) is 38.5 Å². The molecule has 1 heterocycles. The van der Waals surface area contributed by atoms with Crippen molar-refractivity contribution < 1.29 is 4.79 Å². The number of hydrogen-bond donors (Lipinski definition) is 0. The van der Waals surface area contributed by atoms with Gasteiger partial charge in [-0.2, -0.15) is 0 Å². The van der Waals surface area contributed by atoms with E-state index in [2.05, 4.69) is 4.90 Å². The van der Waals surface area contributed by atoms with Crippen LogP contribution in [-0.4, -0.2) is 39.4 Å². The smallest absolute Gasteiger partial charge is 0.248 e. The Bertz CT molecular complexity index is 359. The maximum absolute atomic E-state index is 12.3. The Morgan fingerprint density at radius 1 is 0.842 bits per heavy atom. The summed E-state index contributed by atoms with van der Waals surface area (Å²) in [6, 6.07) is 0.918. The highest BCUT2D eigenvalue weighted by Crippen LogP contribution is 2.30. The molecular weight excluding hydrogens is 256 g/mol. The second-order valence-electron chi connectivity index (χ2n) is 6.26. The van der Waals surface area contributed by atoms with Crippen molar-refractivity contribution in [2.24, 2.45) is 0 Å². The molecule has 0 N–H and O–H groups in total. The maximum atomic E-state index is 12.3. The molecule has 0 bridgehead atoms. The molecule has 2 saturated carbocycles. The number of amides is 1. The van der Waals surface area contributed by atoms with Crippen molar-refractivity contribution in [3.63, 3.8) is 0 Å². The number of carbonyl (C=O) groups is 1. The molecule has 2 aliphatic carbocycles. The van der Waals surface area contributed by atoms with E-state index in [9.17, 15) is 4.79 Å². The second kappa shape index (κ2) is 5.78. The summed E-state index contributed by atoms with van der Waals surface area (Å²) in [4.78, 5) is 16.5. The van der Waals surface area contributed by atoms with E-state index in [1.165, 1.54) is 51.4 Å². The van der Waals surface area contributed by atoms with Gasteiger partial charge in [-0.05, 0) is 37.9 Å². The summed E-state index contributed by atoms with van der Waals surface area (Å²) in [6.45, 7) is 0.542. The lowest BCUT2D eigenvalue weighted by Gasteiger charge is -2.35. The SMILES string of the molecule is O=C1CN(C2CCCCC2)C(=S)N1C1CCCCC1. The third-order valence-electron chi connectivity index (χ3n) is 4.98. The predicted octanol–water partition coefficient (Wildman–Crippen LogP) is 3.08. The number of nitrogens with zero attached hydrogens (tertiary/aromatic N) is 2. The van der Waals surface area contributed by atoms with Crippen molar-refractivity contribution in [1.29, 1.82) is 0 Å². The Labute approximate surface area is 121 Å². The molecule has 0 aromatic rings. The first kappa shape index (κ1) is 13.3. The zero-order chi connectivity index (χ0) is 13.2. The molecule has 0 aromatic heterocycles. The summed E-state index contributed by atoms with van der Waals surface area (Å²) in [7, 11) is 0. The van der Waals surface area contributed by atoms with Crippen LogP contribution < -0.4 is 0 Å². The number of carbonyl (C=O) groups excluding carboxylic acids is 1. The molecular formula is C15H24N2OS. The zero-order valence-electron chi connectivity index (χ0n) is 11.6. The van der Waals surface area contributed by atoms with E-state index in [1.54, 1.807) is 0 Å². The van der Waals surface area contributed by atoms with Crippen molar-refractivity contribution in [2.75, 3.05) is 6.54 Å². The minimum Gasteiger partial charge on any atom is -0.336 e. The van der Waals surface area contributed by atoms with Gasteiger partial charge in [-0.15, -0.1) is 0 Å². The van der Waals surface area contributed by atoms with Crippen LogP contribution in [0.5, 0.6) is 0 Å². The van der Waals surface area contributed by atoms with Crippen molar-refractivity contribution in [2.45, 2.75) is 76.3 Å². The summed E-state index contributed by atoms with van der Waals surface area (Å²) >= 11 is 5.63. The summed E-state index contributed by atoms with van der Waals surface area (Å²) in [5, 5.41) is 0.837. The molecule has 0 radical (unpaired) electrons.